The topological polar surface area (TPSA) is 67.2 Å². The number of rotatable bonds is 3. The van der Waals surface area contributed by atoms with Gasteiger partial charge in [0, 0.05) is 6.42 Å². The van der Waals surface area contributed by atoms with Crippen molar-refractivity contribution in [1.29, 1.82) is 0 Å². The minimum Gasteiger partial charge on any atom is -0.375 e. The van der Waals surface area contributed by atoms with E-state index in [1.54, 1.807) is 0 Å². The Hall–Kier alpha value is -0.840. The SMILES string of the molecule is CC(C)CCC(=O)NNC(N)=S. The Balaban J connectivity index is 3.40. The Morgan fingerprint density at radius 1 is 1.50 bits per heavy atom. The zero-order chi connectivity index (χ0) is 9.56. The Morgan fingerprint density at radius 3 is 2.50 bits per heavy atom. The highest BCUT2D eigenvalue weighted by atomic mass is 32.1. The number of carbonyl (C=O) groups excluding carboxylic acids is 1. The molecule has 0 aromatic rings. The molecule has 0 aliphatic heterocycles. The molecule has 0 atom stereocenters. The molecule has 70 valence electrons. The average Bonchev–Trinajstić information content (AvgIpc) is 1.96. The third kappa shape index (κ3) is 7.27. The van der Waals surface area contributed by atoms with E-state index in [-0.39, 0.29) is 11.0 Å². The molecular formula is C7H15N3OS. The summed E-state index contributed by atoms with van der Waals surface area (Å²) in [5.41, 5.74) is 9.86. The number of nitrogens with one attached hydrogen (secondary N) is 2. The van der Waals surface area contributed by atoms with Crippen molar-refractivity contribution in [3.05, 3.63) is 0 Å². The summed E-state index contributed by atoms with van der Waals surface area (Å²) in [6.07, 6.45) is 1.36. The van der Waals surface area contributed by atoms with E-state index in [1.807, 2.05) is 0 Å². The zero-order valence-electron chi connectivity index (χ0n) is 7.39. The van der Waals surface area contributed by atoms with Crippen LogP contribution in [0.3, 0.4) is 0 Å². The smallest absolute Gasteiger partial charge is 0.238 e. The normalized spacial score (nSPS) is 9.58. The highest BCUT2D eigenvalue weighted by Crippen LogP contribution is 2.01. The summed E-state index contributed by atoms with van der Waals surface area (Å²) in [5, 5.41) is 0.0768. The summed E-state index contributed by atoms with van der Waals surface area (Å²) in [6.45, 7) is 4.13. The largest absolute Gasteiger partial charge is 0.375 e. The Bertz CT molecular complexity index is 170. The van der Waals surface area contributed by atoms with Crippen LogP contribution < -0.4 is 16.6 Å². The first-order valence-electron chi connectivity index (χ1n) is 3.86. The van der Waals surface area contributed by atoms with Gasteiger partial charge in [0.15, 0.2) is 5.11 Å². The van der Waals surface area contributed by atoms with Crippen molar-refractivity contribution in [2.75, 3.05) is 0 Å². The molecule has 0 saturated heterocycles. The predicted molar refractivity (Wildman–Crippen MR) is 52.1 cm³/mol. The summed E-state index contributed by atoms with van der Waals surface area (Å²) in [7, 11) is 0. The maximum atomic E-state index is 11.0. The Morgan fingerprint density at radius 2 is 2.08 bits per heavy atom. The van der Waals surface area contributed by atoms with E-state index in [1.165, 1.54) is 0 Å². The molecule has 0 bridgehead atoms. The monoisotopic (exact) mass is 189 g/mol. The third-order valence-electron chi connectivity index (χ3n) is 1.27. The number of hydrazine groups is 1. The van der Waals surface area contributed by atoms with Gasteiger partial charge in [-0.1, -0.05) is 13.8 Å². The average molecular weight is 189 g/mol. The fourth-order valence-electron chi connectivity index (χ4n) is 0.614. The molecule has 0 spiro atoms. The maximum Gasteiger partial charge on any atom is 0.238 e. The molecule has 4 N–H and O–H groups in total. The fraction of sp³-hybridized carbons (Fsp3) is 0.714. The van der Waals surface area contributed by atoms with Gasteiger partial charge >= 0.3 is 0 Å². The minimum absolute atomic E-state index is 0.0768. The zero-order valence-corrected chi connectivity index (χ0v) is 8.20. The minimum atomic E-state index is -0.0866. The number of nitrogens with two attached hydrogens (primary N) is 1. The molecule has 0 fully saturated rings. The van der Waals surface area contributed by atoms with Gasteiger partial charge in [-0.05, 0) is 24.6 Å². The quantitative estimate of drug-likeness (QED) is 0.441. The van der Waals surface area contributed by atoms with Crippen LogP contribution in [-0.4, -0.2) is 11.0 Å². The maximum absolute atomic E-state index is 11.0. The van der Waals surface area contributed by atoms with E-state index < -0.39 is 0 Å². The predicted octanol–water partition coefficient (Wildman–Crippen LogP) is 0.287. The standard InChI is InChI=1S/C7H15N3OS/c1-5(2)3-4-6(11)9-10-7(8)12/h5H,3-4H2,1-2H3,(H,9,11)(H3,8,10,12). The van der Waals surface area contributed by atoms with Gasteiger partial charge in [-0.3, -0.25) is 15.6 Å². The Kier molecular flexibility index (Phi) is 5.36. The lowest BCUT2D eigenvalue weighted by Crippen LogP contribution is -2.44. The fourth-order valence-corrected chi connectivity index (χ4v) is 0.665. The van der Waals surface area contributed by atoms with E-state index in [0.29, 0.717) is 12.3 Å². The molecule has 5 heteroatoms. The van der Waals surface area contributed by atoms with Gasteiger partial charge in [0.2, 0.25) is 5.91 Å². The van der Waals surface area contributed by atoms with Gasteiger partial charge in [-0.2, -0.15) is 0 Å². The van der Waals surface area contributed by atoms with E-state index in [0.717, 1.165) is 6.42 Å². The molecule has 0 aromatic heterocycles. The van der Waals surface area contributed by atoms with Crippen LogP contribution in [0, 0.1) is 5.92 Å². The van der Waals surface area contributed by atoms with E-state index in [2.05, 4.69) is 36.9 Å². The molecule has 4 nitrogen and oxygen atoms in total. The first-order valence-corrected chi connectivity index (χ1v) is 4.27. The number of hydrogen-bond acceptors (Lipinski definition) is 2. The molecule has 1 amide bonds. The second kappa shape index (κ2) is 5.77. The Labute approximate surface area is 77.9 Å². The number of carbonyl (C=O) groups is 1. The summed E-state index contributed by atoms with van der Waals surface area (Å²) < 4.78 is 0. The van der Waals surface area contributed by atoms with Crippen LogP contribution >= 0.6 is 12.2 Å². The van der Waals surface area contributed by atoms with Crippen molar-refractivity contribution < 1.29 is 4.79 Å². The van der Waals surface area contributed by atoms with Crippen LogP contribution in [0.4, 0.5) is 0 Å². The first kappa shape index (κ1) is 11.2. The molecule has 0 unspecified atom stereocenters. The second-order valence-corrected chi connectivity index (χ2v) is 3.41. The van der Waals surface area contributed by atoms with Crippen molar-refractivity contribution >= 4 is 23.2 Å². The highest BCUT2D eigenvalue weighted by molar-refractivity contribution is 7.80. The summed E-state index contributed by atoms with van der Waals surface area (Å²) in [4.78, 5) is 11.0. The molecule has 0 heterocycles. The van der Waals surface area contributed by atoms with Crippen molar-refractivity contribution in [1.82, 2.24) is 10.9 Å². The number of hydrogen-bond donors (Lipinski definition) is 3. The van der Waals surface area contributed by atoms with E-state index in [9.17, 15) is 4.79 Å². The van der Waals surface area contributed by atoms with Crippen LogP contribution in [0.25, 0.3) is 0 Å². The lowest BCUT2D eigenvalue weighted by molar-refractivity contribution is -0.121. The first-order chi connectivity index (χ1) is 5.52. The number of amides is 1. The van der Waals surface area contributed by atoms with Gasteiger partial charge in [0.05, 0.1) is 0 Å². The van der Waals surface area contributed by atoms with Crippen LogP contribution in [0.1, 0.15) is 26.7 Å². The summed E-state index contributed by atoms with van der Waals surface area (Å²) >= 11 is 4.50. The lowest BCUT2D eigenvalue weighted by Gasteiger charge is -2.06. The summed E-state index contributed by atoms with van der Waals surface area (Å²) in [6, 6.07) is 0. The lowest BCUT2D eigenvalue weighted by atomic mass is 10.1. The van der Waals surface area contributed by atoms with Crippen LogP contribution in [0.5, 0.6) is 0 Å². The third-order valence-corrected chi connectivity index (χ3v) is 1.38. The van der Waals surface area contributed by atoms with Crippen molar-refractivity contribution in [2.24, 2.45) is 11.7 Å². The molecule has 0 aromatic carbocycles. The van der Waals surface area contributed by atoms with Gasteiger partial charge in [-0.15, -0.1) is 0 Å². The van der Waals surface area contributed by atoms with Crippen molar-refractivity contribution in [2.45, 2.75) is 26.7 Å². The molecule has 0 saturated carbocycles. The van der Waals surface area contributed by atoms with Gasteiger partial charge in [0.1, 0.15) is 0 Å². The van der Waals surface area contributed by atoms with Crippen molar-refractivity contribution in [3.63, 3.8) is 0 Å². The molecule has 0 radical (unpaired) electrons. The number of thiocarbonyl (C=S) groups is 1. The highest BCUT2D eigenvalue weighted by Gasteiger charge is 2.01. The molecule has 0 rings (SSSR count). The van der Waals surface area contributed by atoms with Crippen LogP contribution in [-0.2, 0) is 4.79 Å². The van der Waals surface area contributed by atoms with Gasteiger partial charge in [-0.25, -0.2) is 0 Å². The van der Waals surface area contributed by atoms with Gasteiger partial charge < -0.3 is 5.73 Å². The van der Waals surface area contributed by atoms with Crippen LogP contribution in [0.2, 0.25) is 0 Å². The second-order valence-electron chi connectivity index (χ2n) is 2.97. The van der Waals surface area contributed by atoms with E-state index >= 15 is 0 Å². The van der Waals surface area contributed by atoms with Gasteiger partial charge in [0.25, 0.3) is 0 Å². The van der Waals surface area contributed by atoms with Crippen LogP contribution in [0.15, 0.2) is 0 Å². The van der Waals surface area contributed by atoms with E-state index in [4.69, 9.17) is 5.73 Å². The molecule has 0 aliphatic carbocycles. The molecule has 12 heavy (non-hydrogen) atoms. The molecule has 0 aliphatic rings. The molecular weight excluding hydrogens is 174 g/mol. The summed E-state index contributed by atoms with van der Waals surface area (Å²) in [5.74, 6) is 0.442. The van der Waals surface area contributed by atoms with Crippen molar-refractivity contribution in [3.8, 4) is 0 Å².